The summed E-state index contributed by atoms with van der Waals surface area (Å²) in [4.78, 5) is 11.0. The Morgan fingerprint density at radius 2 is 1.86 bits per heavy atom. The molecule has 1 atom stereocenters. The van der Waals surface area contributed by atoms with Crippen LogP contribution in [-0.2, 0) is 9.53 Å². The molecule has 0 bridgehead atoms. The second-order valence-corrected chi connectivity index (χ2v) is 4.56. The number of rotatable bonds is 9. The van der Waals surface area contributed by atoms with Gasteiger partial charge in [0.25, 0.3) is 0 Å². The molecular formula is C16H24O5. The first kappa shape index (κ1) is 17.3. The van der Waals surface area contributed by atoms with E-state index in [1.165, 1.54) is 7.11 Å². The smallest absolute Gasteiger partial charge is 0.305 e. The van der Waals surface area contributed by atoms with Gasteiger partial charge in [-0.05, 0) is 44.4 Å². The summed E-state index contributed by atoms with van der Waals surface area (Å²) in [6.45, 7) is 4.89. The number of hydrogen-bond donors (Lipinski definition) is 1. The zero-order chi connectivity index (χ0) is 15.7. The van der Waals surface area contributed by atoms with E-state index >= 15 is 0 Å². The summed E-state index contributed by atoms with van der Waals surface area (Å²) < 4.78 is 15.6. The minimum atomic E-state index is -0.635. The van der Waals surface area contributed by atoms with Gasteiger partial charge in [0.1, 0.15) is 0 Å². The van der Waals surface area contributed by atoms with Gasteiger partial charge >= 0.3 is 5.97 Å². The third-order valence-electron chi connectivity index (χ3n) is 3.04. The van der Waals surface area contributed by atoms with E-state index in [0.29, 0.717) is 44.0 Å². The van der Waals surface area contributed by atoms with Crippen molar-refractivity contribution in [2.24, 2.45) is 0 Å². The third kappa shape index (κ3) is 5.63. The fraction of sp³-hybridized carbons (Fsp3) is 0.562. The molecule has 0 radical (unpaired) electrons. The summed E-state index contributed by atoms with van der Waals surface area (Å²) in [5.41, 5.74) is 0.756. The van der Waals surface area contributed by atoms with Crippen molar-refractivity contribution in [1.82, 2.24) is 0 Å². The van der Waals surface area contributed by atoms with E-state index < -0.39 is 6.10 Å². The summed E-state index contributed by atoms with van der Waals surface area (Å²) in [5, 5.41) is 10.2. The maximum absolute atomic E-state index is 11.0. The second-order valence-electron chi connectivity index (χ2n) is 4.56. The molecule has 0 amide bonds. The average Bonchev–Trinajstić information content (AvgIpc) is 2.49. The Hall–Kier alpha value is -1.75. The number of methoxy groups -OCH3 is 1. The van der Waals surface area contributed by atoms with Gasteiger partial charge in [0, 0.05) is 6.42 Å². The maximum Gasteiger partial charge on any atom is 0.305 e. The van der Waals surface area contributed by atoms with E-state index in [4.69, 9.17) is 9.47 Å². The van der Waals surface area contributed by atoms with Crippen LogP contribution >= 0.6 is 0 Å². The lowest BCUT2D eigenvalue weighted by Crippen LogP contribution is -2.04. The molecule has 5 nitrogen and oxygen atoms in total. The molecule has 1 aromatic carbocycles. The molecule has 0 fully saturated rings. The van der Waals surface area contributed by atoms with Crippen molar-refractivity contribution in [2.45, 2.75) is 39.2 Å². The maximum atomic E-state index is 11.0. The predicted octanol–water partition coefficient (Wildman–Crippen LogP) is 2.86. The van der Waals surface area contributed by atoms with Crippen LogP contribution in [0, 0.1) is 0 Å². The molecule has 118 valence electrons. The van der Waals surface area contributed by atoms with Crippen LogP contribution in [0.3, 0.4) is 0 Å². The number of esters is 1. The van der Waals surface area contributed by atoms with Crippen molar-refractivity contribution >= 4 is 5.97 Å². The Bertz CT molecular complexity index is 444. The Morgan fingerprint density at radius 3 is 2.48 bits per heavy atom. The van der Waals surface area contributed by atoms with Crippen molar-refractivity contribution in [3.05, 3.63) is 23.8 Å². The fourth-order valence-corrected chi connectivity index (χ4v) is 1.98. The molecule has 1 rings (SSSR count). The highest BCUT2D eigenvalue weighted by atomic mass is 16.5. The Morgan fingerprint density at radius 1 is 1.19 bits per heavy atom. The molecule has 0 aliphatic heterocycles. The monoisotopic (exact) mass is 296 g/mol. The quantitative estimate of drug-likeness (QED) is 0.710. The Balaban J connectivity index is 2.68. The van der Waals surface area contributed by atoms with Gasteiger partial charge in [0.05, 0.1) is 26.4 Å². The van der Waals surface area contributed by atoms with Crippen LogP contribution in [0.15, 0.2) is 18.2 Å². The van der Waals surface area contributed by atoms with E-state index in [-0.39, 0.29) is 5.97 Å². The average molecular weight is 296 g/mol. The number of benzene rings is 1. The lowest BCUT2D eigenvalue weighted by molar-refractivity contribution is -0.140. The molecule has 1 aromatic rings. The van der Waals surface area contributed by atoms with Crippen molar-refractivity contribution < 1.29 is 24.1 Å². The van der Waals surface area contributed by atoms with Crippen molar-refractivity contribution in [3.8, 4) is 11.5 Å². The van der Waals surface area contributed by atoms with Gasteiger partial charge in [-0.3, -0.25) is 4.79 Å². The van der Waals surface area contributed by atoms with Crippen LogP contribution in [0.5, 0.6) is 11.5 Å². The zero-order valence-corrected chi connectivity index (χ0v) is 12.9. The normalized spacial score (nSPS) is 11.8. The molecular weight excluding hydrogens is 272 g/mol. The first-order valence-electron chi connectivity index (χ1n) is 7.26. The number of aliphatic hydroxyl groups is 1. The van der Waals surface area contributed by atoms with Crippen LogP contribution in [-0.4, -0.2) is 31.4 Å². The van der Waals surface area contributed by atoms with Crippen molar-refractivity contribution in [3.63, 3.8) is 0 Å². The van der Waals surface area contributed by atoms with Crippen LogP contribution in [0.1, 0.15) is 44.8 Å². The summed E-state index contributed by atoms with van der Waals surface area (Å²) >= 11 is 0. The van der Waals surface area contributed by atoms with Crippen LogP contribution in [0.25, 0.3) is 0 Å². The largest absolute Gasteiger partial charge is 0.490 e. The molecule has 0 heterocycles. The van der Waals surface area contributed by atoms with Gasteiger partial charge < -0.3 is 19.3 Å². The van der Waals surface area contributed by atoms with Gasteiger partial charge in [0.2, 0.25) is 0 Å². The van der Waals surface area contributed by atoms with E-state index in [1.807, 2.05) is 19.9 Å². The van der Waals surface area contributed by atoms with E-state index in [9.17, 15) is 9.90 Å². The van der Waals surface area contributed by atoms with Crippen LogP contribution in [0.2, 0.25) is 0 Å². The summed E-state index contributed by atoms with van der Waals surface area (Å²) in [5.74, 6) is 1.04. The number of aliphatic hydroxyl groups excluding tert-OH is 1. The molecule has 0 saturated heterocycles. The van der Waals surface area contributed by atoms with Crippen LogP contribution in [0.4, 0.5) is 0 Å². The van der Waals surface area contributed by atoms with Gasteiger partial charge in [-0.1, -0.05) is 6.07 Å². The number of carbonyl (C=O) groups excluding carboxylic acids is 1. The van der Waals surface area contributed by atoms with E-state index in [2.05, 4.69) is 4.74 Å². The fourth-order valence-electron chi connectivity index (χ4n) is 1.98. The van der Waals surface area contributed by atoms with Crippen LogP contribution < -0.4 is 9.47 Å². The first-order valence-corrected chi connectivity index (χ1v) is 7.26. The topological polar surface area (TPSA) is 65.0 Å². The zero-order valence-electron chi connectivity index (χ0n) is 12.9. The Kier molecular flexibility index (Phi) is 7.61. The number of ether oxygens (including phenoxy) is 3. The molecule has 0 saturated carbocycles. The lowest BCUT2D eigenvalue weighted by atomic mass is 10.0. The van der Waals surface area contributed by atoms with Gasteiger partial charge in [-0.2, -0.15) is 0 Å². The highest BCUT2D eigenvalue weighted by Crippen LogP contribution is 2.32. The summed E-state index contributed by atoms with van der Waals surface area (Å²) in [6.07, 6.45) is 0.743. The Labute approximate surface area is 125 Å². The number of carbonyl (C=O) groups is 1. The van der Waals surface area contributed by atoms with Gasteiger partial charge in [-0.25, -0.2) is 0 Å². The van der Waals surface area contributed by atoms with Crippen molar-refractivity contribution in [2.75, 3.05) is 20.3 Å². The van der Waals surface area contributed by atoms with Gasteiger partial charge in [-0.15, -0.1) is 0 Å². The molecule has 1 unspecified atom stereocenters. The number of hydrogen-bond acceptors (Lipinski definition) is 5. The van der Waals surface area contributed by atoms with E-state index in [1.54, 1.807) is 12.1 Å². The van der Waals surface area contributed by atoms with Gasteiger partial charge in [0.15, 0.2) is 11.5 Å². The predicted molar refractivity (Wildman–Crippen MR) is 79.6 cm³/mol. The van der Waals surface area contributed by atoms with E-state index in [0.717, 1.165) is 5.56 Å². The highest BCUT2D eigenvalue weighted by molar-refractivity contribution is 5.69. The molecule has 0 spiro atoms. The minimum absolute atomic E-state index is 0.260. The second kappa shape index (κ2) is 9.23. The summed E-state index contributed by atoms with van der Waals surface area (Å²) in [6, 6.07) is 5.40. The third-order valence-corrected chi connectivity index (χ3v) is 3.04. The minimum Gasteiger partial charge on any atom is -0.490 e. The summed E-state index contributed by atoms with van der Waals surface area (Å²) in [7, 11) is 1.36. The first-order chi connectivity index (χ1) is 10.1. The highest BCUT2D eigenvalue weighted by Gasteiger charge is 2.13. The molecule has 0 aliphatic rings. The molecule has 0 aromatic heterocycles. The molecule has 5 heteroatoms. The standard InChI is InChI=1S/C16H24O5/c1-4-20-14-10-9-12(11-15(14)21-5-2)13(17)7-6-8-16(18)19-3/h9-11,13,17H,4-8H2,1-3H3. The molecule has 1 N–H and O–H groups in total. The molecule has 21 heavy (non-hydrogen) atoms. The van der Waals surface area contributed by atoms with Crippen molar-refractivity contribution in [1.29, 1.82) is 0 Å². The SMILES string of the molecule is CCOc1ccc(C(O)CCCC(=O)OC)cc1OCC. The lowest BCUT2D eigenvalue weighted by Gasteiger charge is -2.15. The molecule has 0 aliphatic carbocycles.